The van der Waals surface area contributed by atoms with Crippen LogP contribution in [0.5, 0.6) is 0 Å². The fourth-order valence-electron chi connectivity index (χ4n) is 1.67. The number of hydrogen-bond acceptors (Lipinski definition) is 2. The maximum Gasteiger partial charge on any atom is 0.418 e. The lowest BCUT2D eigenvalue weighted by Gasteiger charge is -2.16. The second-order valence-corrected chi connectivity index (χ2v) is 3.88. The van der Waals surface area contributed by atoms with E-state index in [0.717, 1.165) is 0 Å². The molecule has 0 unspecified atom stereocenters. The summed E-state index contributed by atoms with van der Waals surface area (Å²) in [4.78, 5) is 3.95. The lowest BCUT2D eigenvalue weighted by atomic mass is 10.1. The summed E-state index contributed by atoms with van der Waals surface area (Å²) >= 11 is 0. The van der Waals surface area contributed by atoms with E-state index < -0.39 is 11.7 Å². The summed E-state index contributed by atoms with van der Waals surface area (Å²) in [6.45, 7) is 1.85. The second-order valence-electron chi connectivity index (χ2n) is 3.88. The highest BCUT2D eigenvalue weighted by atomic mass is 19.4. The average molecular weight is 246 g/mol. The number of nitrogens with one attached hydrogen (secondary N) is 1. The molecule has 0 saturated carbocycles. The van der Waals surface area contributed by atoms with Crippen molar-refractivity contribution in [3.05, 3.63) is 23.0 Å². The first-order chi connectivity index (χ1) is 7.99. The Morgan fingerprint density at radius 3 is 2.65 bits per heavy atom. The normalized spacial score (nSPS) is 26.8. The standard InChI is InChI=1S/C12H17F3N2/c1-3-5-11-10(12(13,14)15)8-9(16-2)6-4-7-17-11/h7-8,16H,3-6H2,1-2H3/b9-8+,11-10+,17-7+. The molecule has 0 atom stereocenters. The molecule has 0 aromatic heterocycles. The van der Waals surface area contributed by atoms with Crippen LogP contribution in [0.15, 0.2) is 28.0 Å². The number of alkyl halides is 3. The van der Waals surface area contributed by atoms with Crippen molar-refractivity contribution in [2.45, 2.75) is 38.8 Å². The number of allylic oxidation sites excluding steroid dienone is 4. The van der Waals surface area contributed by atoms with Crippen LogP contribution in [-0.2, 0) is 0 Å². The Balaban J connectivity index is 3.23. The maximum atomic E-state index is 12.9. The Morgan fingerprint density at radius 1 is 1.41 bits per heavy atom. The highest BCUT2D eigenvalue weighted by Crippen LogP contribution is 2.33. The van der Waals surface area contributed by atoms with E-state index in [9.17, 15) is 13.2 Å². The van der Waals surface area contributed by atoms with Gasteiger partial charge in [0.25, 0.3) is 0 Å². The van der Waals surface area contributed by atoms with Crippen LogP contribution in [0, 0.1) is 0 Å². The van der Waals surface area contributed by atoms with Crippen molar-refractivity contribution in [2.75, 3.05) is 7.05 Å². The second kappa shape index (κ2) is 5.89. The van der Waals surface area contributed by atoms with Crippen LogP contribution in [0.1, 0.15) is 32.6 Å². The van der Waals surface area contributed by atoms with E-state index in [2.05, 4.69) is 10.3 Å². The molecule has 0 saturated heterocycles. The van der Waals surface area contributed by atoms with Crippen LogP contribution in [0.2, 0.25) is 0 Å². The van der Waals surface area contributed by atoms with Crippen molar-refractivity contribution in [2.24, 2.45) is 4.99 Å². The monoisotopic (exact) mass is 246 g/mol. The van der Waals surface area contributed by atoms with E-state index in [1.165, 1.54) is 6.08 Å². The molecule has 1 heterocycles. The average Bonchev–Trinajstić information content (AvgIpc) is 2.21. The van der Waals surface area contributed by atoms with Crippen molar-refractivity contribution >= 4 is 6.21 Å². The molecule has 0 aromatic rings. The van der Waals surface area contributed by atoms with Gasteiger partial charge in [-0.15, -0.1) is 0 Å². The Bertz CT molecular complexity index is 351. The van der Waals surface area contributed by atoms with Gasteiger partial charge in [-0.3, -0.25) is 4.99 Å². The molecule has 2 nitrogen and oxygen atoms in total. The predicted octanol–water partition coefficient (Wildman–Crippen LogP) is 3.57. The van der Waals surface area contributed by atoms with Gasteiger partial charge in [0.2, 0.25) is 0 Å². The number of halogens is 3. The fourth-order valence-corrected chi connectivity index (χ4v) is 1.67. The van der Waals surface area contributed by atoms with Gasteiger partial charge in [0.05, 0.1) is 11.3 Å². The zero-order chi connectivity index (χ0) is 12.9. The molecule has 1 N–H and O–H groups in total. The van der Waals surface area contributed by atoms with Gasteiger partial charge in [-0.2, -0.15) is 13.2 Å². The molecule has 1 aliphatic rings. The maximum absolute atomic E-state index is 12.9. The zero-order valence-electron chi connectivity index (χ0n) is 10.1. The minimum atomic E-state index is -4.35. The highest BCUT2D eigenvalue weighted by Gasteiger charge is 2.35. The summed E-state index contributed by atoms with van der Waals surface area (Å²) in [6.07, 6.45) is 0.613. The molecule has 1 rings (SSSR count). The molecule has 0 aliphatic carbocycles. The van der Waals surface area contributed by atoms with Gasteiger partial charge in [-0.1, -0.05) is 13.3 Å². The first kappa shape index (κ1) is 13.8. The largest absolute Gasteiger partial charge is 0.418 e. The summed E-state index contributed by atoms with van der Waals surface area (Å²) in [5.41, 5.74) is 0.101. The number of nitrogens with zero attached hydrogens (tertiary/aromatic N) is 1. The first-order valence-electron chi connectivity index (χ1n) is 5.70. The van der Waals surface area contributed by atoms with Gasteiger partial charge in [0.1, 0.15) is 0 Å². The lowest BCUT2D eigenvalue weighted by Crippen LogP contribution is -2.17. The SMILES string of the molecule is CCCC1=C(C(F)(F)F)/C=C(/NC)CC\C=N\1. The molecule has 1 aliphatic heterocycles. The molecule has 0 aromatic carbocycles. The summed E-state index contributed by atoms with van der Waals surface area (Å²) in [7, 11) is 1.64. The van der Waals surface area contributed by atoms with Gasteiger partial charge in [0.15, 0.2) is 0 Å². The lowest BCUT2D eigenvalue weighted by molar-refractivity contribution is -0.0893. The smallest absolute Gasteiger partial charge is 0.391 e. The van der Waals surface area contributed by atoms with E-state index >= 15 is 0 Å². The molecule has 5 heteroatoms. The molecule has 0 bridgehead atoms. The van der Waals surface area contributed by atoms with E-state index in [1.54, 1.807) is 13.3 Å². The Hall–Kier alpha value is -1.26. The van der Waals surface area contributed by atoms with Crippen LogP contribution in [0.4, 0.5) is 13.2 Å². The van der Waals surface area contributed by atoms with Gasteiger partial charge in [-0.25, -0.2) is 0 Å². The fraction of sp³-hybridized carbons (Fsp3) is 0.583. The molecule has 96 valence electrons. The third-order valence-electron chi connectivity index (χ3n) is 2.53. The summed E-state index contributed by atoms with van der Waals surface area (Å²) in [5, 5.41) is 2.80. The van der Waals surface area contributed by atoms with Crippen LogP contribution >= 0.6 is 0 Å². The van der Waals surface area contributed by atoms with E-state index in [4.69, 9.17) is 0 Å². The van der Waals surface area contributed by atoms with Gasteiger partial charge in [0, 0.05) is 19.0 Å². The minimum Gasteiger partial charge on any atom is -0.391 e. The van der Waals surface area contributed by atoms with Crippen LogP contribution < -0.4 is 5.32 Å². The highest BCUT2D eigenvalue weighted by molar-refractivity contribution is 5.61. The van der Waals surface area contributed by atoms with Crippen LogP contribution in [-0.4, -0.2) is 19.4 Å². The van der Waals surface area contributed by atoms with E-state index in [0.29, 0.717) is 31.4 Å². The molecule has 0 fully saturated rings. The minimum absolute atomic E-state index is 0.132. The van der Waals surface area contributed by atoms with Crippen molar-refractivity contribution in [1.82, 2.24) is 5.32 Å². The molecular weight excluding hydrogens is 229 g/mol. The third-order valence-corrected chi connectivity index (χ3v) is 2.53. The molecule has 17 heavy (non-hydrogen) atoms. The Kier molecular flexibility index (Phi) is 4.78. The third kappa shape index (κ3) is 3.91. The summed E-state index contributed by atoms with van der Waals surface area (Å²) < 4.78 is 38.8. The van der Waals surface area contributed by atoms with Gasteiger partial charge < -0.3 is 5.32 Å². The zero-order valence-corrected chi connectivity index (χ0v) is 10.1. The van der Waals surface area contributed by atoms with Gasteiger partial charge >= 0.3 is 6.18 Å². The van der Waals surface area contributed by atoms with Crippen LogP contribution in [0.25, 0.3) is 0 Å². The van der Waals surface area contributed by atoms with Crippen molar-refractivity contribution in [1.29, 1.82) is 0 Å². The van der Waals surface area contributed by atoms with Crippen molar-refractivity contribution < 1.29 is 13.2 Å². The topological polar surface area (TPSA) is 24.4 Å². The van der Waals surface area contributed by atoms with E-state index in [1.807, 2.05) is 6.92 Å². The predicted molar refractivity (Wildman–Crippen MR) is 62.9 cm³/mol. The molecule has 0 spiro atoms. The van der Waals surface area contributed by atoms with E-state index in [-0.39, 0.29) is 5.70 Å². The number of hydrogen-bond donors (Lipinski definition) is 1. The quantitative estimate of drug-likeness (QED) is 0.808. The molecule has 0 amide bonds. The number of aliphatic imine (C=N–C) groups is 1. The van der Waals surface area contributed by atoms with Gasteiger partial charge in [-0.05, 0) is 25.3 Å². The molecular formula is C12H17F3N2. The Labute approximate surface area is 99.3 Å². The molecule has 0 radical (unpaired) electrons. The van der Waals surface area contributed by atoms with Crippen molar-refractivity contribution in [3.63, 3.8) is 0 Å². The number of rotatable bonds is 3. The first-order valence-corrected chi connectivity index (χ1v) is 5.70. The van der Waals surface area contributed by atoms with Crippen LogP contribution in [0.3, 0.4) is 0 Å². The van der Waals surface area contributed by atoms with Crippen molar-refractivity contribution in [3.8, 4) is 0 Å². The Morgan fingerprint density at radius 2 is 2.12 bits per heavy atom. The summed E-state index contributed by atoms with van der Waals surface area (Å²) in [5.74, 6) is 0. The summed E-state index contributed by atoms with van der Waals surface area (Å²) in [6, 6.07) is 0.